The third-order valence-corrected chi connectivity index (χ3v) is 5.89. The van der Waals surface area contributed by atoms with Crippen molar-refractivity contribution in [2.75, 3.05) is 5.32 Å². The van der Waals surface area contributed by atoms with E-state index in [9.17, 15) is 4.39 Å². The number of aromatic nitrogens is 3. The summed E-state index contributed by atoms with van der Waals surface area (Å²) in [6.07, 6.45) is 1.10. The highest BCUT2D eigenvalue weighted by Gasteiger charge is 2.40. The number of hydrogen-bond donors (Lipinski definition) is 1. The Labute approximate surface area is 182 Å². The van der Waals surface area contributed by atoms with Gasteiger partial charge in [0, 0.05) is 16.2 Å². The Morgan fingerprint density at radius 1 is 0.968 bits per heavy atom. The van der Waals surface area contributed by atoms with Crippen LogP contribution < -0.4 is 10.1 Å². The van der Waals surface area contributed by atoms with Crippen molar-refractivity contribution in [3.8, 4) is 5.75 Å². The van der Waals surface area contributed by atoms with Gasteiger partial charge in [0.2, 0.25) is 5.95 Å². The molecule has 0 spiro atoms. The first-order valence-electron chi connectivity index (χ1n) is 9.86. The van der Waals surface area contributed by atoms with E-state index in [4.69, 9.17) is 16.3 Å². The van der Waals surface area contributed by atoms with Gasteiger partial charge in [0.15, 0.2) is 0 Å². The summed E-state index contributed by atoms with van der Waals surface area (Å²) in [6.45, 7) is 0. The van der Waals surface area contributed by atoms with Gasteiger partial charge in [0.1, 0.15) is 30.0 Å². The van der Waals surface area contributed by atoms with Crippen LogP contribution in [0.2, 0.25) is 5.02 Å². The highest BCUT2D eigenvalue weighted by atomic mass is 35.5. The average molecular weight is 431 g/mol. The van der Waals surface area contributed by atoms with E-state index in [2.05, 4.69) is 15.4 Å². The van der Waals surface area contributed by atoms with Crippen LogP contribution in [-0.4, -0.2) is 14.8 Å². The number of hydrogen-bond acceptors (Lipinski definition) is 4. The second-order valence-corrected chi connectivity index (χ2v) is 7.92. The zero-order valence-electron chi connectivity index (χ0n) is 16.2. The number of halogens is 2. The van der Waals surface area contributed by atoms with Crippen molar-refractivity contribution in [3.63, 3.8) is 0 Å². The van der Waals surface area contributed by atoms with Crippen LogP contribution in [-0.2, 0) is 0 Å². The molecule has 0 aliphatic carbocycles. The molecule has 1 aromatic heterocycles. The summed E-state index contributed by atoms with van der Waals surface area (Å²) in [5.41, 5.74) is 4.63. The Bertz CT molecular complexity index is 1330. The smallest absolute Gasteiger partial charge is 0.226 e. The Kier molecular flexibility index (Phi) is 4.07. The molecule has 0 saturated heterocycles. The largest absolute Gasteiger partial charge is 0.480 e. The molecule has 3 aromatic carbocycles. The lowest BCUT2D eigenvalue weighted by Gasteiger charge is -2.39. The maximum Gasteiger partial charge on any atom is 0.226 e. The molecule has 4 aromatic rings. The van der Waals surface area contributed by atoms with Crippen molar-refractivity contribution in [1.82, 2.24) is 14.8 Å². The van der Waals surface area contributed by atoms with Crippen LogP contribution in [0.25, 0.3) is 5.70 Å². The van der Waals surface area contributed by atoms with Crippen LogP contribution in [0.5, 0.6) is 5.75 Å². The van der Waals surface area contributed by atoms with Gasteiger partial charge in [-0.25, -0.2) is 9.07 Å². The van der Waals surface area contributed by atoms with Crippen molar-refractivity contribution < 1.29 is 9.13 Å². The molecular weight excluding hydrogens is 415 g/mol. The first-order valence-corrected chi connectivity index (χ1v) is 10.2. The van der Waals surface area contributed by atoms with Gasteiger partial charge in [-0.1, -0.05) is 48.0 Å². The molecule has 0 unspecified atom stereocenters. The minimum Gasteiger partial charge on any atom is -0.480 e. The van der Waals surface area contributed by atoms with E-state index in [1.165, 1.54) is 18.5 Å². The lowest BCUT2D eigenvalue weighted by atomic mass is 9.84. The van der Waals surface area contributed by atoms with Crippen molar-refractivity contribution in [3.05, 3.63) is 112 Å². The Morgan fingerprint density at radius 3 is 2.65 bits per heavy atom. The zero-order valence-corrected chi connectivity index (χ0v) is 16.9. The van der Waals surface area contributed by atoms with Crippen molar-refractivity contribution >= 4 is 23.2 Å². The second kappa shape index (κ2) is 6.96. The predicted octanol–water partition coefficient (Wildman–Crippen LogP) is 5.63. The van der Waals surface area contributed by atoms with Gasteiger partial charge < -0.3 is 10.1 Å². The number of nitrogens with zero attached hydrogens (tertiary/aromatic N) is 3. The van der Waals surface area contributed by atoms with E-state index in [1.807, 2.05) is 48.5 Å². The maximum atomic E-state index is 13.7. The van der Waals surface area contributed by atoms with Crippen LogP contribution in [0, 0.1) is 5.82 Å². The van der Waals surface area contributed by atoms with E-state index in [0.29, 0.717) is 11.0 Å². The van der Waals surface area contributed by atoms with Crippen molar-refractivity contribution in [2.24, 2.45) is 0 Å². The van der Waals surface area contributed by atoms with Crippen molar-refractivity contribution in [2.45, 2.75) is 12.1 Å². The molecule has 0 bridgehead atoms. The van der Waals surface area contributed by atoms with Crippen LogP contribution >= 0.6 is 11.6 Å². The predicted molar refractivity (Wildman–Crippen MR) is 116 cm³/mol. The quantitative estimate of drug-likeness (QED) is 0.447. The van der Waals surface area contributed by atoms with Gasteiger partial charge in [-0.15, -0.1) is 0 Å². The van der Waals surface area contributed by atoms with E-state index in [1.54, 1.807) is 16.8 Å². The molecule has 0 saturated carbocycles. The summed E-state index contributed by atoms with van der Waals surface area (Å²) in [4.78, 5) is 4.40. The summed E-state index contributed by atoms with van der Waals surface area (Å²) in [6, 6.07) is 21.7. The lowest BCUT2D eigenvalue weighted by Crippen LogP contribution is -2.32. The highest BCUT2D eigenvalue weighted by molar-refractivity contribution is 6.30. The number of nitrogens with one attached hydrogen (secondary N) is 1. The Morgan fingerprint density at radius 2 is 1.81 bits per heavy atom. The summed E-state index contributed by atoms with van der Waals surface area (Å²) in [7, 11) is 0. The molecule has 1 N–H and O–H groups in total. The fourth-order valence-electron chi connectivity index (χ4n) is 4.33. The molecule has 2 atom stereocenters. The molecule has 5 nitrogen and oxygen atoms in total. The monoisotopic (exact) mass is 430 g/mol. The number of rotatable bonds is 2. The molecule has 3 heterocycles. The second-order valence-electron chi connectivity index (χ2n) is 7.49. The Balaban J connectivity index is 1.63. The molecule has 7 heteroatoms. The SMILES string of the molecule is Fc1ccc([C@@H]2C3=C(Nc4ncnn42)c2ccccc2O[C@H]3c2cccc(Cl)c2)cc1. The van der Waals surface area contributed by atoms with Crippen LogP contribution in [0.3, 0.4) is 0 Å². The minimum absolute atomic E-state index is 0.290. The number of ether oxygens (including phenoxy) is 1. The minimum atomic E-state index is -0.413. The fraction of sp³-hybridized carbons (Fsp3) is 0.0833. The number of benzene rings is 3. The summed E-state index contributed by atoms with van der Waals surface area (Å²) in [5.74, 6) is 1.10. The third kappa shape index (κ3) is 2.91. The van der Waals surface area contributed by atoms with Crippen molar-refractivity contribution in [1.29, 1.82) is 0 Å². The van der Waals surface area contributed by atoms with Crippen LogP contribution in [0.1, 0.15) is 28.8 Å². The average Bonchev–Trinajstić information content (AvgIpc) is 3.26. The molecule has 6 rings (SSSR count). The lowest BCUT2D eigenvalue weighted by molar-refractivity contribution is 0.223. The maximum absolute atomic E-state index is 13.7. The van der Waals surface area contributed by atoms with E-state index >= 15 is 0 Å². The first kappa shape index (κ1) is 18.2. The molecule has 0 amide bonds. The molecule has 0 radical (unpaired) electrons. The van der Waals surface area contributed by atoms with Crippen LogP contribution in [0.4, 0.5) is 10.3 Å². The summed E-state index contributed by atoms with van der Waals surface area (Å²) >= 11 is 6.32. The van der Waals surface area contributed by atoms with Crippen LogP contribution in [0.15, 0.2) is 84.7 Å². The molecular formula is C24H16ClFN4O. The van der Waals surface area contributed by atoms with Gasteiger partial charge in [-0.05, 0) is 47.5 Å². The van der Waals surface area contributed by atoms with Gasteiger partial charge in [-0.2, -0.15) is 10.1 Å². The molecule has 31 heavy (non-hydrogen) atoms. The van der Waals surface area contributed by atoms with Gasteiger partial charge in [0.25, 0.3) is 0 Å². The fourth-order valence-corrected chi connectivity index (χ4v) is 4.53. The van der Waals surface area contributed by atoms with E-state index < -0.39 is 6.10 Å². The van der Waals surface area contributed by atoms with E-state index in [-0.39, 0.29) is 11.9 Å². The molecule has 2 aliphatic heterocycles. The van der Waals surface area contributed by atoms with Gasteiger partial charge in [0.05, 0.1) is 5.70 Å². The summed E-state index contributed by atoms with van der Waals surface area (Å²) in [5, 5.41) is 8.54. The number of fused-ring (bicyclic) bond motifs is 3. The summed E-state index contributed by atoms with van der Waals surface area (Å²) < 4.78 is 22.0. The van der Waals surface area contributed by atoms with Gasteiger partial charge in [-0.3, -0.25) is 0 Å². The number of para-hydroxylation sites is 1. The standard InChI is InChI=1S/C24H16ClFN4O/c25-16-5-3-4-15(12-16)23-20-21(18-6-1-2-7-19(18)31-23)29-24-27-13-28-30(24)22(20)14-8-10-17(26)11-9-14/h1-13,22-23H,(H,27,28,29)/t22-,23+/m1/s1. The Hall–Kier alpha value is -3.64. The molecule has 152 valence electrons. The highest BCUT2D eigenvalue weighted by Crippen LogP contribution is 2.50. The molecule has 0 fully saturated rings. The zero-order chi connectivity index (χ0) is 20.9. The molecule has 2 aliphatic rings. The van der Waals surface area contributed by atoms with E-state index in [0.717, 1.165) is 33.7 Å². The first-order chi connectivity index (χ1) is 15.2. The number of anilines is 1. The third-order valence-electron chi connectivity index (χ3n) is 5.66. The normalized spacial score (nSPS) is 19.0. The van der Waals surface area contributed by atoms with Gasteiger partial charge >= 0.3 is 0 Å². The topological polar surface area (TPSA) is 52.0 Å².